The van der Waals surface area contributed by atoms with Gasteiger partial charge in [0.2, 0.25) is 0 Å². The van der Waals surface area contributed by atoms with Gasteiger partial charge in [0.05, 0.1) is 17.7 Å². The molecule has 1 aliphatic rings. The molecule has 108 valence electrons. The highest BCUT2D eigenvalue weighted by Crippen LogP contribution is 2.27. The summed E-state index contributed by atoms with van der Waals surface area (Å²) in [6.07, 6.45) is 2.75. The molecule has 0 amide bonds. The maximum absolute atomic E-state index is 11.9. The van der Waals surface area contributed by atoms with Crippen LogP contribution in [0.3, 0.4) is 0 Å². The van der Waals surface area contributed by atoms with Crippen molar-refractivity contribution < 1.29 is 0 Å². The first-order valence-corrected chi connectivity index (χ1v) is 7.60. The minimum Gasteiger partial charge on any atom is -0.351 e. The fourth-order valence-corrected chi connectivity index (χ4v) is 3.54. The van der Waals surface area contributed by atoms with Crippen LogP contribution in [0.5, 0.6) is 0 Å². The van der Waals surface area contributed by atoms with Crippen molar-refractivity contribution in [3.05, 3.63) is 38.3 Å². The molecule has 0 saturated heterocycles. The van der Waals surface area contributed by atoms with Crippen molar-refractivity contribution in [1.82, 2.24) is 24.1 Å². The lowest BCUT2D eigenvalue weighted by Gasteiger charge is -2.28. The third-order valence-corrected chi connectivity index (χ3v) is 4.66. The van der Waals surface area contributed by atoms with Crippen LogP contribution in [0.15, 0.2) is 16.5 Å². The second-order valence-corrected chi connectivity index (χ2v) is 6.16. The van der Waals surface area contributed by atoms with Gasteiger partial charge in [-0.15, -0.1) is 16.4 Å². The van der Waals surface area contributed by atoms with Crippen molar-refractivity contribution in [3.8, 4) is 0 Å². The van der Waals surface area contributed by atoms with Crippen LogP contribution in [0.25, 0.3) is 5.78 Å². The molecule has 0 atom stereocenters. The normalized spacial score (nSPS) is 14.7. The highest BCUT2D eigenvalue weighted by Gasteiger charge is 2.22. The standard InChI is InChI=1S/C13H14N6OS/c1-8-5-19-12(16-17(2)13(19)20)15-11(8)18-4-3-9-10(6-18)21-7-14-9/h5,7H,3-4,6H2,1-2H3. The monoisotopic (exact) mass is 302 g/mol. The molecule has 0 fully saturated rings. The molecule has 3 aromatic rings. The van der Waals surface area contributed by atoms with Crippen molar-refractivity contribution in [2.45, 2.75) is 19.9 Å². The smallest absolute Gasteiger partial charge is 0.351 e. The van der Waals surface area contributed by atoms with E-state index in [4.69, 9.17) is 0 Å². The summed E-state index contributed by atoms with van der Waals surface area (Å²) in [5.41, 5.74) is 3.90. The Labute approximate surface area is 124 Å². The van der Waals surface area contributed by atoms with E-state index in [-0.39, 0.29) is 5.69 Å². The SMILES string of the molecule is Cc1cn2c(=O)n(C)nc2nc1N1CCc2ncsc2C1. The third kappa shape index (κ3) is 1.86. The summed E-state index contributed by atoms with van der Waals surface area (Å²) in [5.74, 6) is 1.34. The first kappa shape index (κ1) is 12.5. The Morgan fingerprint density at radius 3 is 3.10 bits per heavy atom. The average molecular weight is 302 g/mol. The molecule has 21 heavy (non-hydrogen) atoms. The largest absolute Gasteiger partial charge is 0.351 e. The van der Waals surface area contributed by atoms with Gasteiger partial charge in [-0.25, -0.2) is 18.9 Å². The quantitative estimate of drug-likeness (QED) is 0.664. The van der Waals surface area contributed by atoms with Gasteiger partial charge >= 0.3 is 5.69 Å². The van der Waals surface area contributed by atoms with Crippen LogP contribution in [-0.4, -0.2) is 30.7 Å². The molecule has 0 N–H and O–H groups in total. The molecule has 4 heterocycles. The van der Waals surface area contributed by atoms with Crippen LogP contribution in [-0.2, 0) is 20.0 Å². The summed E-state index contributed by atoms with van der Waals surface area (Å²) in [5, 5.41) is 4.16. The van der Waals surface area contributed by atoms with Crippen LogP contribution >= 0.6 is 11.3 Å². The Kier molecular flexibility index (Phi) is 2.61. The van der Waals surface area contributed by atoms with Crippen LogP contribution in [0, 0.1) is 6.92 Å². The zero-order valence-corrected chi connectivity index (χ0v) is 12.6. The molecular weight excluding hydrogens is 288 g/mol. The molecule has 0 aromatic carbocycles. The number of fused-ring (bicyclic) bond motifs is 2. The van der Waals surface area contributed by atoms with E-state index in [9.17, 15) is 4.79 Å². The first-order valence-electron chi connectivity index (χ1n) is 6.72. The van der Waals surface area contributed by atoms with Gasteiger partial charge in [0.1, 0.15) is 5.82 Å². The van der Waals surface area contributed by atoms with Crippen molar-refractivity contribution in [2.24, 2.45) is 7.05 Å². The van der Waals surface area contributed by atoms with Crippen molar-refractivity contribution in [3.63, 3.8) is 0 Å². The van der Waals surface area contributed by atoms with Crippen LogP contribution < -0.4 is 10.6 Å². The summed E-state index contributed by atoms with van der Waals surface area (Å²) in [6.45, 7) is 3.68. The number of hydrogen-bond acceptors (Lipinski definition) is 6. The fourth-order valence-electron chi connectivity index (χ4n) is 2.71. The highest BCUT2D eigenvalue weighted by atomic mass is 32.1. The molecule has 1 aliphatic heterocycles. The summed E-state index contributed by atoms with van der Waals surface area (Å²) in [4.78, 5) is 24.4. The van der Waals surface area contributed by atoms with Crippen LogP contribution in [0.1, 0.15) is 16.1 Å². The number of aromatic nitrogens is 5. The molecule has 3 aromatic heterocycles. The van der Waals surface area contributed by atoms with Gasteiger partial charge in [-0.2, -0.15) is 4.98 Å². The van der Waals surface area contributed by atoms with Gasteiger partial charge in [-0.3, -0.25) is 0 Å². The van der Waals surface area contributed by atoms with E-state index in [1.165, 1.54) is 19.7 Å². The lowest BCUT2D eigenvalue weighted by Crippen LogP contribution is -2.31. The topological polar surface area (TPSA) is 68.3 Å². The van der Waals surface area contributed by atoms with Crippen LogP contribution in [0.4, 0.5) is 5.82 Å². The lowest BCUT2D eigenvalue weighted by molar-refractivity contribution is 0.714. The first-order chi connectivity index (χ1) is 10.1. The van der Waals surface area contributed by atoms with E-state index in [1.54, 1.807) is 18.4 Å². The predicted octanol–water partition coefficient (Wildman–Crippen LogP) is 0.756. The van der Waals surface area contributed by atoms with E-state index in [0.29, 0.717) is 5.78 Å². The molecule has 0 bridgehead atoms. The Morgan fingerprint density at radius 1 is 1.38 bits per heavy atom. The Balaban J connectivity index is 1.80. The molecular formula is C13H14N6OS. The molecule has 7 nitrogen and oxygen atoms in total. The van der Waals surface area contributed by atoms with Crippen molar-refractivity contribution in [1.29, 1.82) is 0 Å². The van der Waals surface area contributed by atoms with Gasteiger partial charge in [-0.05, 0) is 6.92 Å². The van der Waals surface area contributed by atoms with Gasteiger partial charge in [0.15, 0.2) is 0 Å². The molecule has 8 heteroatoms. The summed E-state index contributed by atoms with van der Waals surface area (Å²) >= 11 is 1.68. The van der Waals surface area contributed by atoms with Crippen LogP contribution in [0.2, 0.25) is 0 Å². The Hall–Kier alpha value is -2.22. The van der Waals surface area contributed by atoms with E-state index in [1.807, 2.05) is 18.6 Å². The van der Waals surface area contributed by atoms with Gasteiger partial charge < -0.3 is 4.90 Å². The number of thiazole rings is 1. The molecule has 0 saturated carbocycles. The van der Waals surface area contributed by atoms with Crippen molar-refractivity contribution >= 4 is 22.9 Å². The summed E-state index contributed by atoms with van der Waals surface area (Å²) in [6, 6.07) is 0. The van der Waals surface area contributed by atoms with Gasteiger partial charge in [-0.1, -0.05) is 0 Å². The highest BCUT2D eigenvalue weighted by molar-refractivity contribution is 7.09. The third-order valence-electron chi connectivity index (χ3n) is 3.80. The fraction of sp³-hybridized carbons (Fsp3) is 0.385. The molecule has 4 rings (SSSR count). The summed E-state index contributed by atoms with van der Waals surface area (Å²) < 4.78 is 2.80. The maximum atomic E-state index is 11.9. The minimum absolute atomic E-state index is 0.171. The lowest BCUT2D eigenvalue weighted by atomic mass is 10.1. The Morgan fingerprint density at radius 2 is 2.24 bits per heavy atom. The zero-order chi connectivity index (χ0) is 14.6. The van der Waals surface area contributed by atoms with E-state index in [0.717, 1.165) is 30.9 Å². The Bertz CT molecular complexity index is 892. The van der Waals surface area contributed by atoms with Gasteiger partial charge in [0, 0.05) is 36.7 Å². The van der Waals surface area contributed by atoms with E-state index in [2.05, 4.69) is 20.0 Å². The molecule has 0 spiro atoms. The second-order valence-electron chi connectivity index (χ2n) is 5.22. The predicted molar refractivity (Wildman–Crippen MR) is 79.8 cm³/mol. The van der Waals surface area contributed by atoms with E-state index >= 15 is 0 Å². The number of rotatable bonds is 1. The maximum Gasteiger partial charge on any atom is 0.351 e. The molecule has 0 unspecified atom stereocenters. The van der Waals surface area contributed by atoms with Gasteiger partial charge in [0.25, 0.3) is 5.78 Å². The number of aryl methyl sites for hydroxylation is 2. The molecule has 0 radical (unpaired) electrons. The van der Waals surface area contributed by atoms with E-state index < -0.39 is 0 Å². The minimum atomic E-state index is -0.171. The number of anilines is 1. The number of hydrogen-bond donors (Lipinski definition) is 0. The van der Waals surface area contributed by atoms with Crippen molar-refractivity contribution in [2.75, 3.05) is 11.4 Å². The molecule has 0 aliphatic carbocycles. The number of nitrogens with zero attached hydrogens (tertiary/aromatic N) is 6. The zero-order valence-electron chi connectivity index (χ0n) is 11.8. The summed E-state index contributed by atoms with van der Waals surface area (Å²) in [7, 11) is 1.64. The average Bonchev–Trinajstić information content (AvgIpc) is 3.04. The second kappa shape index (κ2) is 4.39.